The Morgan fingerprint density at radius 2 is 2.37 bits per heavy atom. The third-order valence-electron chi connectivity index (χ3n) is 3.50. The van der Waals surface area contributed by atoms with Gasteiger partial charge in [-0.05, 0) is 42.5 Å². The van der Waals surface area contributed by atoms with Crippen molar-refractivity contribution in [3.05, 3.63) is 22.4 Å². The fourth-order valence-corrected chi connectivity index (χ4v) is 2.96. The lowest BCUT2D eigenvalue weighted by molar-refractivity contribution is 0.315. The van der Waals surface area contributed by atoms with E-state index >= 15 is 0 Å². The van der Waals surface area contributed by atoms with Gasteiger partial charge in [-0.3, -0.25) is 4.99 Å². The minimum Gasteiger partial charge on any atom is -0.370 e. The second-order valence-corrected chi connectivity index (χ2v) is 6.32. The molecule has 0 radical (unpaired) electrons. The minimum atomic E-state index is 0. The third kappa shape index (κ3) is 6.12. The predicted octanol–water partition coefficient (Wildman–Crippen LogP) is 3.25. The molecule has 3 N–H and O–H groups in total. The molecule has 1 unspecified atom stereocenters. The molecule has 1 aromatic rings. The highest BCUT2D eigenvalue weighted by Gasteiger charge is 2.16. The van der Waals surface area contributed by atoms with Crippen LogP contribution in [0, 0.1) is 11.8 Å². The van der Waals surface area contributed by atoms with Gasteiger partial charge in [-0.1, -0.05) is 19.4 Å². The van der Waals surface area contributed by atoms with Gasteiger partial charge in [0.05, 0.1) is 0 Å². The smallest absolute Gasteiger partial charge is 0.188 e. The topological polar surface area (TPSA) is 50.4 Å². The maximum absolute atomic E-state index is 5.86. The van der Waals surface area contributed by atoms with E-state index in [1.165, 1.54) is 24.1 Å². The van der Waals surface area contributed by atoms with E-state index in [4.69, 9.17) is 5.73 Å². The molecule has 0 bridgehead atoms. The lowest BCUT2D eigenvalue weighted by Crippen LogP contribution is -2.37. The number of aliphatic imine (C=N–C) groups is 1. The van der Waals surface area contributed by atoms with Crippen molar-refractivity contribution < 1.29 is 0 Å². The standard InChI is InChI=1S/C14H23N3S.HI/c1-11(8-13-6-3-7-18-13)9-16-14(15)17-10-12-4-2-5-12;/h3,6-7,11-12H,2,4-5,8-10H2,1H3,(H3,15,16,17);1H. The van der Waals surface area contributed by atoms with Crippen LogP contribution in [-0.2, 0) is 6.42 Å². The average Bonchev–Trinajstić information content (AvgIpc) is 2.77. The zero-order valence-corrected chi connectivity index (χ0v) is 14.6. The van der Waals surface area contributed by atoms with Crippen LogP contribution in [0.1, 0.15) is 31.1 Å². The summed E-state index contributed by atoms with van der Waals surface area (Å²) in [5, 5.41) is 5.35. The van der Waals surface area contributed by atoms with E-state index in [2.05, 4.69) is 34.7 Å². The number of hydrogen-bond acceptors (Lipinski definition) is 2. The second kappa shape index (κ2) is 8.79. The van der Waals surface area contributed by atoms with Crippen LogP contribution in [0.4, 0.5) is 0 Å². The monoisotopic (exact) mass is 393 g/mol. The summed E-state index contributed by atoms with van der Waals surface area (Å²) in [5.41, 5.74) is 5.86. The maximum atomic E-state index is 5.86. The molecule has 108 valence electrons. The SMILES string of the molecule is CC(CN=C(N)NCC1CCC1)Cc1cccs1.I. The Kier molecular flexibility index (Phi) is 7.75. The lowest BCUT2D eigenvalue weighted by atomic mass is 9.85. The zero-order valence-electron chi connectivity index (χ0n) is 11.5. The summed E-state index contributed by atoms with van der Waals surface area (Å²) in [6.07, 6.45) is 5.16. The summed E-state index contributed by atoms with van der Waals surface area (Å²) in [6.45, 7) is 4.03. The second-order valence-electron chi connectivity index (χ2n) is 5.29. The molecule has 0 aromatic carbocycles. The van der Waals surface area contributed by atoms with Crippen molar-refractivity contribution in [2.45, 2.75) is 32.6 Å². The number of thiophene rings is 1. The molecule has 3 nitrogen and oxygen atoms in total. The predicted molar refractivity (Wildman–Crippen MR) is 94.4 cm³/mol. The molecule has 0 spiro atoms. The van der Waals surface area contributed by atoms with Gasteiger partial charge in [0.15, 0.2) is 5.96 Å². The molecule has 5 heteroatoms. The van der Waals surface area contributed by atoms with Crippen molar-refractivity contribution in [2.75, 3.05) is 13.1 Å². The first-order valence-electron chi connectivity index (χ1n) is 6.80. The van der Waals surface area contributed by atoms with Crippen LogP contribution in [0.5, 0.6) is 0 Å². The van der Waals surface area contributed by atoms with Gasteiger partial charge in [-0.25, -0.2) is 0 Å². The largest absolute Gasteiger partial charge is 0.370 e. The van der Waals surface area contributed by atoms with Crippen molar-refractivity contribution in [3.63, 3.8) is 0 Å². The van der Waals surface area contributed by atoms with E-state index in [1.54, 1.807) is 0 Å². The number of halogens is 1. The molecule has 1 aliphatic rings. The van der Waals surface area contributed by atoms with Gasteiger partial charge < -0.3 is 11.1 Å². The minimum absolute atomic E-state index is 0. The van der Waals surface area contributed by atoms with Crippen molar-refractivity contribution in [2.24, 2.45) is 22.6 Å². The Bertz CT molecular complexity index is 374. The number of guanidine groups is 1. The molecular weight excluding hydrogens is 369 g/mol. The molecule has 1 heterocycles. The fraction of sp³-hybridized carbons (Fsp3) is 0.643. The molecule has 0 saturated heterocycles. The molecule has 0 amide bonds. The van der Waals surface area contributed by atoms with Crippen LogP contribution in [0.25, 0.3) is 0 Å². The highest BCUT2D eigenvalue weighted by molar-refractivity contribution is 14.0. The summed E-state index contributed by atoms with van der Waals surface area (Å²) in [7, 11) is 0. The number of nitrogens with zero attached hydrogens (tertiary/aromatic N) is 1. The zero-order chi connectivity index (χ0) is 12.8. The van der Waals surface area contributed by atoms with Crippen LogP contribution < -0.4 is 11.1 Å². The Labute approximate surface area is 137 Å². The number of nitrogens with two attached hydrogens (primary N) is 1. The van der Waals surface area contributed by atoms with Gasteiger partial charge in [0.25, 0.3) is 0 Å². The highest BCUT2D eigenvalue weighted by Crippen LogP contribution is 2.24. The van der Waals surface area contributed by atoms with E-state index in [1.807, 2.05) is 11.3 Å². The van der Waals surface area contributed by atoms with Gasteiger partial charge in [0.1, 0.15) is 0 Å². The van der Waals surface area contributed by atoms with E-state index in [0.717, 1.165) is 25.4 Å². The van der Waals surface area contributed by atoms with Crippen LogP contribution in [0.15, 0.2) is 22.5 Å². The fourth-order valence-electron chi connectivity index (χ4n) is 2.09. The van der Waals surface area contributed by atoms with E-state index in [-0.39, 0.29) is 24.0 Å². The van der Waals surface area contributed by atoms with Gasteiger partial charge in [-0.15, -0.1) is 35.3 Å². The van der Waals surface area contributed by atoms with Crippen LogP contribution >= 0.6 is 35.3 Å². The Hall–Kier alpha value is -0.300. The number of nitrogens with one attached hydrogen (secondary N) is 1. The van der Waals surface area contributed by atoms with Crippen LogP contribution in [-0.4, -0.2) is 19.0 Å². The Morgan fingerprint density at radius 1 is 1.58 bits per heavy atom. The van der Waals surface area contributed by atoms with Gasteiger partial charge in [0, 0.05) is 18.0 Å². The molecule has 1 aromatic heterocycles. The summed E-state index contributed by atoms with van der Waals surface area (Å²) < 4.78 is 0. The van der Waals surface area contributed by atoms with Gasteiger partial charge >= 0.3 is 0 Å². The van der Waals surface area contributed by atoms with Crippen molar-refractivity contribution in [1.29, 1.82) is 0 Å². The highest BCUT2D eigenvalue weighted by atomic mass is 127. The number of rotatable bonds is 6. The quantitative estimate of drug-likeness (QED) is 0.443. The number of hydrogen-bond donors (Lipinski definition) is 2. The van der Waals surface area contributed by atoms with Gasteiger partial charge in [0.2, 0.25) is 0 Å². The van der Waals surface area contributed by atoms with Crippen molar-refractivity contribution >= 4 is 41.3 Å². The molecular formula is C14H24IN3S. The average molecular weight is 393 g/mol. The molecule has 19 heavy (non-hydrogen) atoms. The Morgan fingerprint density at radius 3 is 2.95 bits per heavy atom. The molecule has 2 rings (SSSR count). The van der Waals surface area contributed by atoms with E-state index in [9.17, 15) is 0 Å². The normalized spacial score (nSPS) is 17.4. The first kappa shape index (κ1) is 16.8. The first-order chi connectivity index (χ1) is 8.74. The Balaban J connectivity index is 0.00000180. The van der Waals surface area contributed by atoms with E-state index in [0.29, 0.717) is 11.9 Å². The molecule has 1 fully saturated rings. The van der Waals surface area contributed by atoms with Gasteiger partial charge in [-0.2, -0.15) is 0 Å². The molecule has 1 saturated carbocycles. The van der Waals surface area contributed by atoms with E-state index < -0.39 is 0 Å². The summed E-state index contributed by atoms with van der Waals surface area (Å²) >= 11 is 1.81. The first-order valence-corrected chi connectivity index (χ1v) is 7.68. The lowest BCUT2D eigenvalue weighted by Gasteiger charge is -2.25. The van der Waals surface area contributed by atoms with Crippen LogP contribution in [0.3, 0.4) is 0 Å². The summed E-state index contributed by atoms with van der Waals surface area (Å²) in [5.74, 6) is 1.98. The van der Waals surface area contributed by atoms with Crippen molar-refractivity contribution in [3.8, 4) is 0 Å². The third-order valence-corrected chi connectivity index (χ3v) is 4.40. The molecule has 0 aliphatic heterocycles. The molecule has 1 aliphatic carbocycles. The summed E-state index contributed by atoms with van der Waals surface area (Å²) in [4.78, 5) is 5.85. The molecule has 1 atom stereocenters. The van der Waals surface area contributed by atoms with Crippen molar-refractivity contribution in [1.82, 2.24) is 5.32 Å². The van der Waals surface area contributed by atoms with Crippen LogP contribution in [0.2, 0.25) is 0 Å². The maximum Gasteiger partial charge on any atom is 0.188 e. The summed E-state index contributed by atoms with van der Waals surface area (Å²) in [6, 6.07) is 4.29.